The number of ether oxygens (including phenoxy) is 1. The average molecular weight is 470 g/mol. The summed E-state index contributed by atoms with van der Waals surface area (Å²) in [6.45, 7) is 1.39. The van der Waals surface area contributed by atoms with Gasteiger partial charge in [0.1, 0.15) is 5.76 Å². The number of amides is 2. The number of nitrogens with one attached hydrogen (secondary N) is 1. The quantitative estimate of drug-likeness (QED) is 0.252. The molecule has 2 amide bonds. The number of ketones is 1. The highest BCUT2D eigenvalue weighted by molar-refractivity contribution is 6.51. The minimum atomic E-state index is -0.977. The molecule has 1 aliphatic heterocycles. The van der Waals surface area contributed by atoms with Gasteiger partial charge in [-0.1, -0.05) is 48.5 Å². The number of methoxy groups -OCH3 is 1. The SMILES string of the molecule is COC(=O)c1cccc(N2C(=O)C(=O)C(=C(O)c3ccccc3)[C@H]2c2ccc(NC(C)=O)cc2)c1. The molecule has 0 aromatic heterocycles. The lowest BCUT2D eigenvalue weighted by molar-refractivity contribution is -0.132. The van der Waals surface area contributed by atoms with Crippen LogP contribution in [0.15, 0.2) is 84.4 Å². The molecular formula is C27H22N2O6. The molecule has 3 aromatic rings. The highest BCUT2D eigenvalue weighted by Gasteiger charge is 2.47. The number of Topliss-reactive ketones (excluding diaryl/α,β-unsaturated/α-hetero) is 1. The second kappa shape index (κ2) is 9.64. The van der Waals surface area contributed by atoms with Crippen molar-refractivity contribution in [2.45, 2.75) is 13.0 Å². The van der Waals surface area contributed by atoms with E-state index in [1.807, 2.05) is 0 Å². The highest BCUT2D eigenvalue weighted by atomic mass is 16.5. The fourth-order valence-electron chi connectivity index (χ4n) is 4.02. The number of benzene rings is 3. The van der Waals surface area contributed by atoms with E-state index in [4.69, 9.17) is 4.74 Å². The lowest BCUT2D eigenvalue weighted by Crippen LogP contribution is -2.29. The summed E-state index contributed by atoms with van der Waals surface area (Å²) in [4.78, 5) is 51.2. The number of carbonyl (C=O) groups is 4. The summed E-state index contributed by atoms with van der Waals surface area (Å²) in [5.74, 6) is -2.85. The normalized spacial score (nSPS) is 16.7. The van der Waals surface area contributed by atoms with Crippen molar-refractivity contribution in [3.63, 3.8) is 0 Å². The van der Waals surface area contributed by atoms with Crippen LogP contribution in [0.1, 0.15) is 34.5 Å². The van der Waals surface area contributed by atoms with E-state index in [1.165, 1.54) is 31.1 Å². The van der Waals surface area contributed by atoms with Crippen molar-refractivity contribution in [1.82, 2.24) is 0 Å². The molecule has 176 valence electrons. The van der Waals surface area contributed by atoms with E-state index in [0.717, 1.165) is 0 Å². The number of aliphatic hydroxyl groups is 1. The van der Waals surface area contributed by atoms with Gasteiger partial charge in [-0.2, -0.15) is 0 Å². The zero-order valence-corrected chi connectivity index (χ0v) is 19.0. The fourth-order valence-corrected chi connectivity index (χ4v) is 4.02. The van der Waals surface area contributed by atoms with Gasteiger partial charge in [-0.05, 0) is 35.9 Å². The van der Waals surface area contributed by atoms with Gasteiger partial charge in [0.05, 0.1) is 24.3 Å². The molecule has 1 fully saturated rings. The van der Waals surface area contributed by atoms with Crippen molar-refractivity contribution < 1.29 is 29.0 Å². The summed E-state index contributed by atoms with van der Waals surface area (Å²) in [6.07, 6.45) is 0. The Labute approximate surface area is 201 Å². The molecule has 0 bridgehead atoms. The third-order valence-corrected chi connectivity index (χ3v) is 5.58. The molecule has 1 saturated heterocycles. The summed E-state index contributed by atoms with van der Waals surface area (Å²) in [5, 5.41) is 13.8. The van der Waals surface area contributed by atoms with Crippen LogP contribution in [0.3, 0.4) is 0 Å². The number of esters is 1. The Morgan fingerprint density at radius 2 is 1.57 bits per heavy atom. The maximum absolute atomic E-state index is 13.3. The molecule has 1 aliphatic rings. The summed E-state index contributed by atoms with van der Waals surface area (Å²) in [5.41, 5.74) is 1.85. The maximum atomic E-state index is 13.3. The van der Waals surface area contributed by atoms with Crippen molar-refractivity contribution >= 4 is 40.7 Å². The van der Waals surface area contributed by atoms with Crippen LogP contribution < -0.4 is 10.2 Å². The Morgan fingerprint density at radius 3 is 2.20 bits per heavy atom. The standard InChI is InChI=1S/C27H22N2O6/c1-16(30)28-20-13-11-17(12-14-20)23-22(24(31)18-7-4-3-5-8-18)25(32)26(33)29(23)21-10-6-9-19(15-21)27(34)35-2/h3-15,23,31H,1-2H3,(H,28,30)/t23-/m1/s1. The molecule has 8 heteroatoms. The number of anilines is 2. The number of rotatable bonds is 5. The van der Waals surface area contributed by atoms with Crippen LogP contribution >= 0.6 is 0 Å². The van der Waals surface area contributed by atoms with Crippen molar-refractivity contribution in [2.24, 2.45) is 0 Å². The number of hydrogen-bond acceptors (Lipinski definition) is 6. The van der Waals surface area contributed by atoms with Gasteiger partial charge in [0, 0.05) is 23.9 Å². The van der Waals surface area contributed by atoms with Gasteiger partial charge in [-0.25, -0.2) is 4.79 Å². The molecule has 8 nitrogen and oxygen atoms in total. The topological polar surface area (TPSA) is 113 Å². The average Bonchev–Trinajstić information content (AvgIpc) is 3.14. The van der Waals surface area contributed by atoms with Crippen molar-refractivity contribution in [3.8, 4) is 0 Å². The number of carbonyl (C=O) groups excluding carboxylic acids is 4. The predicted octanol–water partition coefficient (Wildman–Crippen LogP) is 4.06. The second-order valence-corrected chi connectivity index (χ2v) is 7.88. The van der Waals surface area contributed by atoms with Crippen LogP contribution in [-0.4, -0.2) is 35.8 Å². The Bertz CT molecular complexity index is 1350. The van der Waals surface area contributed by atoms with Gasteiger partial charge in [0.25, 0.3) is 11.7 Å². The van der Waals surface area contributed by atoms with Crippen molar-refractivity contribution in [3.05, 3.63) is 101 Å². The van der Waals surface area contributed by atoms with Gasteiger partial charge < -0.3 is 15.2 Å². The van der Waals surface area contributed by atoms with E-state index in [1.54, 1.807) is 66.7 Å². The number of aliphatic hydroxyl groups excluding tert-OH is 1. The lowest BCUT2D eigenvalue weighted by atomic mass is 9.95. The molecule has 0 saturated carbocycles. The van der Waals surface area contributed by atoms with Crippen LogP contribution in [0.4, 0.5) is 11.4 Å². The molecule has 2 N–H and O–H groups in total. The molecule has 0 aliphatic carbocycles. The first-order valence-electron chi connectivity index (χ1n) is 10.7. The van der Waals surface area contributed by atoms with Crippen LogP contribution in [0.25, 0.3) is 5.76 Å². The zero-order valence-electron chi connectivity index (χ0n) is 19.0. The van der Waals surface area contributed by atoms with E-state index in [9.17, 15) is 24.3 Å². The van der Waals surface area contributed by atoms with E-state index >= 15 is 0 Å². The van der Waals surface area contributed by atoms with Gasteiger partial charge in [-0.3, -0.25) is 19.3 Å². The van der Waals surface area contributed by atoms with Crippen LogP contribution in [0.5, 0.6) is 0 Å². The first-order chi connectivity index (χ1) is 16.8. The predicted molar refractivity (Wildman–Crippen MR) is 130 cm³/mol. The third kappa shape index (κ3) is 4.54. The van der Waals surface area contributed by atoms with Crippen LogP contribution in [0, 0.1) is 0 Å². The first kappa shape index (κ1) is 23.4. The van der Waals surface area contributed by atoms with Crippen molar-refractivity contribution in [1.29, 1.82) is 0 Å². The molecule has 3 aromatic carbocycles. The minimum Gasteiger partial charge on any atom is -0.507 e. The van der Waals surface area contributed by atoms with Crippen molar-refractivity contribution in [2.75, 3.05) is 17.3 Å². The van der Waals surface area contributed by atoms with Crippen LogP contribution in [-0.2, 0) is 19.1 Å². The monoisotopic (exact) mass is 470 g/mol. The first-order valence-corrected chi connectivity index (χ1v) is 10.7. The Kier molecular flexibility index (Phi) is 6.46. The van der Waals surface area contributed by atoms with Gasteiger partial charge in [0.15, 0.2) is 0 Å². The number of nitrogens with zero attached hydrogens (tertiary/aromatic N) is 1. The minimum absolute atomic E-state index is 0.0862. The molecular weight excluding hydrogens is 448 g/mol. The summed E-state index contributed by atoms with van der Waals surface area (Å²) in [6, 6.07) is 20.3. The van der Waals surface area contributed by atoms with E-state index in [-0.39, 0.29) is 28.5 Å². The second-order valence-electron chi connectivity index (χ2n) is 7.88. The lowest BCUT2D eigenvalue weighted by Gasteiger charge is -2.26. The smallest absolute Gasteiger partial charge is 0.337 e. The van der Waals surface area contributed by atoms with Gasteiger partial charge in [-0.15, -0.1) is 0 Å². The van der Waals surface area contributed by atoms with E-state index in [2.05, 4.69) is 5.32 Å². The van der Waals surface area contributed by atoms with Gasteiger partial charge >= 0.3 is 5.97 Å². The number of hydrogen-bond donors (Lipinski definition) is 2. The molecule has 4 rings (SSSR count). The Balaban J connectivity index is 1.90. The maximum Gasteiger partial charge on any atom is 0.337 e. The largest absolute Gasteiger partial charge is 0.507 e. The van der Waals surface area contributed by atoms with Crippen LogP contribution in [0.2, 0.25) is 0 Å². The Morgan fingerprint density at radius 1 is 0.914 bits per heavy atom. The zero-order chi connectivity index (χ0) is 25.1. The molecule has 35 heavy (non-hydrogen) atoms. The Hall–Kier alpha value is -4.72. The van der Waals surface area contributed by atoms with E-state index in [0.29, 0.717) is 16.8 Å². The van der Waals surface area contributed by atoms with E-state index < -0.39 is 23.7 Å². The molecule has 0 spiro atoms. The highest BCUT2D eigenvalue weighted by Crippen LogP contribution is 2.42. The van der Waals surface area contributed by atoms with Gasteiger partial charge in [0.2, 0.25) is 5.91 Å². The molecule has 1 heterocycles. The summed E-state index contributed by atoms with van der Waals surface area (Å²) >= 11 is 0. The molecule has 0 radical (unpaired) electrons. The molecule has 0 unspecified atom stereocenters. The third-order valence-electron chi connectivity index (χ3n) is 5.58. The summed E-state index contributed by atoms with van der Waals surface area (Å²) < 4.78 is 4.78. The summed E-state index contributed by atoms with van der Waals surface area (Å²) in [7, 11) is 1.25. The molecule has 1 atom stereocenters. The fraction of sp³-hybridized carbons (Fsp3) is 0.111.